The van der Waals surface area contributed by atoms with Crippen LogP contribution in [0.4, 0.5) is 11.6 Å². The second-order valence-electron chi connectivity index (χ2n) is 4.47. The number of rotatable bonds is 6. The van der Waals surface area contributed by atoms with E-state index < -0.39 is 0 Å². The summed E-state index contributed by atoms with van der Waals surface area (Å²) in [6.07, 6.45) is 0. The molecule has 22 heavy (non-hydrogen) atoms. The number of thioether (sulfide) groups is 1. The first-order chi connectivity index (χ1) is 10.7. The zero-order chi connectivity index (χ0) is 15.4. The second-order valence-corrected chi connectivity index (χ2v) is 6.47. The molecule has 0 saturated heterocycles. The fourth-order valence-corrected chi connectivity index (χ4v) is 3.20. The van der Waals surface area contributed by atoms with Crippen LogP contribution in [0.2, 0.25) is 0 Å². The molecule has 1 aromatic carbocycles. The lowest BCUT2D eigenvalue weighted by molar-refractivity contribution is 0.415. The van der Waals surface area contributed by atoms with Crippen LogP contribution in [0.5, 0.6) is 5.75 Å². The van der Waals surface area contributed by atoms with E-state index in [0.29, 0.717) is 11.1 Å². The Morgan fingerprint density at radius 1 is 1.27 bits per heavy atom. The summed E-state index contributed by atoms with van der Waals surface area (Å²) >= 11 is 3.21. The molecule has 0 bridgehead atoms. The predicted octanol–water partition coefficient (Wildman–Crippen LogP) is 3.61. The molecule has 2 heterocycles. The molecule has 6 nitrogen and oxygen atoms in total. The highest BCUT2D eigenvalue weighted by molar-refractivity contribution is 7.98. The highest BCUT2D eigenvalue weighted by Crippen LogP contribution is 2.22. The molecule has 0 radical (unpaired) electrons. The molecule has 8 heteroatoms. The average Bonchev–Trinajstić information content (AvgIpc) is 3.15. The van der Waals surface area contributed by atoms with Crippen molar-refractivity contribution in [3.05, 3.63) is 40.3 Å². The Labute approximate surface area is 136 Å². The Hall–Kier alpha value is -2.06. The molecule has 3 rings (SSSR count). The summed E-state index contributed by atoms with van der Waals surface area (Å²) in [5, 5.41) is 14.1. The van der Waals surface area contributed by atoms with Crippen LogP contribution in [0, 0.1) is 6.92 Å². The molecule has 0 unspecified atom stereocenters. The number of aromatic amines is 1. The van der Waals surface area contributed by atoms with Crippen LogP contribution in [-0.4, -0.2) is 27.3 Å². The minimum absolute atomic E-state index is 0.613. The zero-order valence-corrected chi connectivity index (χ0v) is 13.8. The van der Waals surface area contributed by atoms with Crippen LogP contribution < -0.4 is 10.1 Å². The monoisotopic (exact) mass is 333 g/mol. The summed E-state index contributed by atoms with van der Waals surface area (Å²) in [6.45, 7) is 2.00. The lowest BCUT2D eigenvalue weighted by Gasteiger charge is -2.03. The molecule has 2 N–H and O–H groups in total. The Kier molecular flexibility index (Phi) is 4.59. The summed E-state index contributed by atoms with van der Waals surface area (Å²) in [4.78, 5) is 8.82. The van der Waals surface area contributed by atoms with Gasteiger partial charge in [-0.3, -0.25) is 0 Å². The minimum Gasteiger partial charge on any atom is -0.497 e. The number of aryl methyl sites for hydroxylation is 1. The van der Waals surface area contributed by atoms with Crippen molar-refractivity contribution < 1.29 is 4.74 Å². The number of nitrogens with zero attached hydrogens (tertiary/aromatic N) is 3. The van der Waals surface area contributed by atoms with Gasteiger partial charge in [-0.15, -0.1) is 16.4 Å². The van der Waals surface area contributed by atoms with Crippen LogP contribution in [0.25, 0.3) is 0 Å². The first-order valence-corrected chi connectivity index (χ1v) is 8.47. The van der Waals surface area contributed by atoms with Crippen molar-refractivity contribution in [2.45, 2.75) is 17.8 Å². The first kappa shape index (κ1) is 14.9. The number of aromatic nitrogens is 4. The number of hydrogen-bond donors (Lipinski definition) is 2. The van der Waals surface area contributed by atoms with Gasteiger partial charge < -0.3 is 10.1 Å². The van der Waals surface area contributed by atoms with Gasteiger partial charge in [-0.25, -0.2) is 10.1 Å². The number of hydrogen-bond acceptors (Lipinski definition) is 7. The third-order valence-electron chi connectivity index (χ3n) is 2.83. The van der Waals surface area contributed by atoms with Gasteiger partial charge in [-0.1, -0.05) is 11.8 Å². The van der Waals surface area contributed by atoms with E-state index in [0.717, 1.165) is 27.9 Å². The molecular formula is C14H15N5OS2. The number of ether oxygens (including phenoxy) is 1. The van der Waals surface area contributed by atoms with Gasteiger partial charge in [0.05, 0.1) is 17.8 Å². The molecule has 0 atom stereocenters. The highest BCUT2D eigenvalue weighted by atomic mass is 32.2. The fraction of sp³-hybridized carbons (Fsp3) is 0.214. The van der Waals surface area contributed by atoms with Gasteiger partial charge in [0.15, 0.2) is 0 Å². The molecule has 114 valence electrons. The molecule has 3 aromatic rings. The maximum Gasteiger partial charge on any atom is 0.223 e. The van der Waals surface area contributed by atoms with E-state index in [2.05, 4.69) is 30.9 Å². The second kappa shape index (κ2) is 6.80. The van der Waals surface area contributed by atoms with Gasteiger partial charge in [0.2, 0.25) is 11.1 Å². The van der Waals surface area contributed by atoms with E-state index >= 15 is 0 Å². The number of H-pyrrole nitrogens is 1. The van der Waals surface area contributed by atoms with Crippen molar-refractivity contribution in [3.63, 3.8) is 0 Å². The Morgan fingerprint density at radius 2 is 2.09 bits per heavy atom. The average molecular weight is 333 g/mol. The first-order valence-electron chi connectivity index (χ1n) is 6.60. The molecular weight excluding hydrogens is 318 g/mol. The topological polar surface area (TPSA) is 75.7 Å². The lowest BCUT2D eigenvalue weighted by atomic mass is 10.3. The third-order valence-corrected chi connectivity index (χ3v) is 4.54. The van der Waals surface area contributed by atoms with E-state index in [1.807, 2.05) is 31.2 Å². The van der Waals surface area contributed by atoms with Crippen LogP contribution in [-0.2, 0) is 5.75 Å². The molecule has 0 saturated carbocycles. The van der Waals surface area contributed by atoms with E-state index in [1.54, 1.807) is 30.2 Å². The van der Waals surface area contributed by atoms with Gasteiger partial charge in [-0.2, -0.15) is 4.98 Å². The number of nitrogens with one attached hydrogen (secondary N) is 2. The van der Waals surface area contributed by atoms with E-state index in [9.17, 15) is 0 Å². The smallest absolute Gasteiger partial charge is 0.223 e. The number of anilines is 2. The Balaban J connectivity index is 1.58. The number of benzene rings is 1. The van der Waals surface area contributed by atoms with Gasteiger partial charge >= 0.3 is 0 Å². The van der Waals surface area contributed by atoms with Crippen LogP contribution in [0.3, 0.4) is 0 Å². The van der Waals surface area contributed by atoms with Gasteiger partial charge in [-0.05, 0) is 31.2 Å². The summed E-state index contributed by atoms with van der Waals surface area (Å²) in [5.41, 5.74) is 1.98. The SMILES string of the molecule is COc1ccc(Nc2nc(SCc3csc(C)n3)n[nH]2)cc1. The van der Waals surface area contributed by atoms with Crippen molar-refractivity contribution in [1.82, 2.24) is 20.2 Å². The van der Waals surface area contributed by atoms with Crippen LogP contribution in [0.1, 0.15) is 10.7 Å². The summed E-state index contributed by atoms with van der Waals surface area (Å²) in [5.74, 6) is 2.20. The predicted molar refractivity (Wildman–Crippen MR) is 89.1 cm³/mol. The molecule has 0 aliphatic rings. The standard InChI is InChI=1S/C14H15N5OS2/c1-9-15-11(7-21-9)8-22-14-17-13(18-19-14)16-10-3-5-12(20-2)6-4-10/h3-7H,8H2,1-2H3,(H2,16,17,18,19). The minimum atomic E-state index is 0.613. The number of thiazole rings is 1. The Morgan fingerprint density at radius 3 is 2.77 bits per heavy atom. The molecule has 0 spiro atoms. The van der Waals surface area contributed by atoms with Crippen LogP contribution >= 0.6 is 23.1 Å². The lowest BCUT2D eigenvalue weighted by Crippen LogP contribution is -1.92. The number of methoxy groups -OCH3 is 1. The maximum atomic E-state index is 5.13. The van der Waals surface area contributed by atoms with E-state index in [-0.39, 0.29) is 0 Å². The van der Waals surface area contributed by atoms with Crippen molar-refractivity contribution >= 4 is 34.7 Å². The van der Waals surface area contributed by atoms with Gasteiger partial charge in [0.1, 0.15) is 5.75 Å². The van der Waals surface area contributed by atoms with Crippen molar-refractivity contribution in [2.75, 3.05) is 12.4 Å². The van der Waals surface area contributed by atoms with Crippen molar-refractivity contribution in [3.8, 4) is 5.75 Å². The van der Waals surface area contributed by atoms with Gasteiger partial charge in [0, 0.05) is 16.8 Å². The normalized spacial score (nSPS) is 10.6. The summed E-state index contributed by atoms with van der Waals surface area (Å²) < 4.78 is 5.13. The fourth-order valence-electron chi connectivity index (χ4n) is 1.79. The Bertz CT molecular complexity index is 738. The van der Waals surface area contributed by atoms with Crippen molar-refractivity contribution in [1.29, 1.82) is 0 Å². The molecule has 0 amide bonds. The van der Waals surface area contributed by atoms with Crippen molar-refractivity contribution in [2.24, 2.45) is 0 Å². The molecule has 2 aromatic heterocycles. The zero-order valence-electron chi connectivity index (χ0n) is 12.2. The molecule has 0 aliphatic heterocycles. The van der Waals surface area contributed by atoms with E-state index in [4.69, 9.17) is 4.74 Å². The van der Waals surface area contributed by atoms with Crippen LogP contribution in [0.15, 0.2) is 34.8 Å². The summed E-state index contributed by atoms with van der Waals surface area (Å²) in [6, 6.07) is 7.62. The highest BCUT2D eigenvalue weighted by Gasteiger charge is 2.06. The largest absolute Gasteiger partial charge is 0.497 e. The quantitative estimate of drug-likeness (QED) is 0.671. The summed E-state index contributed by atoms with van der Waals surface area (Å²) in [7, 11) is 1.65. The molecule has 0 fully saturated rings. The van der Waals surface area contributed by atoms with E-state index in [1.165, 1.54) is 0 Å². The van der Waals surface area contributed by atoms with Gasteiger partial charge in [0.25, 0.3) is 0 Å². The third kappa shape index (κ3) is 3.77. The maximum absolute atomic E-state index is 5.13. The molecule has 0 aliphatic carbocycles.